The van der Waals surface area contributed by atoms with Crippen LogP contribution in [-0.2, 0) is 0 Å². The Morgan fingerprint density at radius 1 is 1.37 bits per heavy atom. The molecule has 2 rings (SSSR count). The second-order valence-corrected chi connectivity index (χ2v) is 6.34. The lowest BCUT2D eigenvalue weighted by molar-refractivity contribution is 0.435. The summed E-state index contributed by atoms with van der Waals surface area (Å²) >= 11 is 3.53. The largest absolute Gasteiger partial charge is 0.366 e. The number of anilines is 2. The number of rotatable bonds is 5. The lowest BCUT2D eigenvalue weighted by atomic mass is 9.98. The molecule has 1 fully saturated rings. The third kappa shape index (κ3) is 3.59. The number of hydrogen-bond donors (Lipinski definition) is 2. The van der Waals surface area contributed by atoms with Gasteiger partial charge in [-0.25, -0.2) is 4.98 Å². The molecule has 19 heavy (non-hydrogen) atoms. The lowest BCUT2D eigenvalue weighted by Crippen LogP contribution is -2.25. The van der Waals surface area contributed by atoms with E-state index in [-0.39, 0.29) is 0 Å². The number of aromatic nitrogens is 2. The van der Waals surface area contributed by atoms with Gasteiger partial charge in [-0.15, -0.1) is 0 Å². The first-order valence-corrected chi connectivity index (χ1v) is 7.94. The molecule has 3 atom stereocenters. The first-order chi connectivity index (χ1) is 9.11. The summed E-state index contributed by atoms with van der Waals surface area (Å²) in [6, 6.07) is 0.514. The molecule has 1 heterocycles. The Bertz CT molecular complexity index is 424. The minimum Gasteiger partial charge on any atom is -0.366 e. The van der Waals surface area contributed by atoms with Gasteiger partial charge in [0.05, 0.1) is 4.47 Å². The van der Waals surface area contributed by atoms with E-state index in [1.165, 1.54) is 12.8 Å². The Balaban J connectivity index is 2.06. The Labute approximate surface area is 123 Å². The van der Waals surface area contributed by atoms with E-state index in [0.29, 0.717) is 17.9 Å². The fraction of sp³-hybridized carbons (Fsp3) is 0.714. The molecular weight excluding hydrogens is 304 g/mol. The SMILES string of the molecule is CCCNc1ncc(Br)c(NC2CCC(C)C2C)n1. The number of hydrogen-bond acceptors (Lipinski definition) is 4. The summed E-state index contributed by atoms with van der Waals surface area (Å²) < 4.78 is 0.932. The summed E-state index contributed by atoms with van der Waals surface area (Å²) in [5.41, 5.74) is 0. The lowest BCUT2D eigenvalue weighted by Gasteiger charge is -2.21. The highest BCUT2D eigenvalue weighted by Crippen LogP contribution is 2.34. The number of halogens is 1. The molecule has 0 spiro atoms. The second kappa shape index (κ2) is 6.55. The highest BCUT2D eigenvalue weighted by atomic mass is 79.9. The fourth-order valence-electron chi connectivity index (χ4n) is 2.53. The van der Waals surface area contributed by atoms with Crippen LogP contribution in [-0.4, -0.2) is 22.6 Å². The van der Waals surface area contributed by atoms with Crippen LogP contribution < -0.4 is 10.6 Å². The molecule has 1 aliphatic carbocycles. The summed E-state index contributed by atoms with van der Waals surface area (Å²) in [6.07, 6.45) is 5.40. The van der Waals surface area contributed by atoms with Crippen LogP contribution in [0.1, 0.15) is 40.0 Å². The summed E-state index contributed by atoms with van der Waals surface area (Å²) in [5.74, 6) is 3.08. The van der Waals surface area contributed by atoms with Crippen LogP contribution in [0.3, 0.4) is 0 Å². The van der Waals surface area contributed by atoms with Crippen LogP contribution in [0.4, 0.5) is 11.8 Å². The standard InChI is InChI=1S/C14H23BrN4/c1-4-7-16-14-17-8-11(15)13(19-14)18-12-6-5-9(2)10(12)3/h8-10,12H,4-7H2,1-3H3,(H2,16,17,18,19). The van der Waals surface area contributed by atoms with Gasteiger partial charge in [-0.3, -0.25) is 0 Å². The number of nitrogens with one attached hydrogen (secondary N) is 2. The van der Waals surface area contributed by atoms with Gasteiger partial charge < -0.3 is 10.6 Å². The molecule has 1 aromatic rings. The molecule has 1 aromatic heterocycles. The maximum absolute atomic E-state index is 4.55. The van der Waals surface area contributed by atoms with E-state index >= 15 is 0 Å². The molecule has 0 saturated heterocycles. The van der Waals surface area contributed by atoms with Crippen molar-refractivity contribution >= 4 is 27.7 Å². The van der Waals surface area contributed by atoms with Crippen LogP contribution in [0.25, 0.3) is 0 Å². The van der Waals surface area contributed by atoms with Crippen LogP contribution in [0.5, 0.6) is 0 Å². The molecule has 5 heteroatoms. The molecule has 1 aliphatic rings. The first-order valence-electron chi connectivity index (χ1n) is 7.14. The zero-order chi connectivity index (χ0) is 13.8. The predicted octanol–water partition coefficient (Wildman–Crippen LogP) is 3.91. The summed E-state index contributed by atoms with van der Waals surface area (Å²) in [5, 5.41) is 6.79. The maximum Gasteiger partial charge on any atom is 0.224 e. The van der Waals surface area contributed by atoms with E-state index in [2.05, 4.69) is 57.3 Å². The van der Waals surface area contributed by atoms with Crippen molar-refractivity contribution in [3.8, 4) is 0 Å². The van der Waals surface area contributed by atoms with Gasteiger partial charge in [0, 0.05) is 18.8 Å². The molecule has 2 N–H and O–H groups in total. The van der Waals surface area contributed by atoms with E-state index in [4.69, 9.17) is 0 Å². The Morgan fingerprint density at radius 2 is 2.16 bits per heavy atom. The zero-order valence-electron chi connectivity index (χ0n) is 11.9. The molecule has 0 aromatic carbocycles. The molecule has 0 bridgehead atoms. The molecule has 3 unspecified atom stereocenters. The molecule has 106 valence electrons. The van der Waals surface area contributed by atoms with Gasteiger partial charge in [0.1, 0.15) is 5.82 Å². The van der Waals surface area contributed by atoms with Crippen molar-refractivity contribution < 1.29 is 0 Å². The Morgan fingerprint density at radius 3 is 2.79 bits per heavy atom. The van der Waals surface area contributed by atoms with E-state index < -0.39 is 0 Å². The molecule has 4 nitrogen and oxygen atoms in total. The highest BCUT2D eigenvalue weighted by molar-refractivity contribution is 9.10. The van der Waals surface area contributed by atoms with Gasteiger partial charge in [0.2, 0.25) is 5.95 Å². The van der Waals surface area contributed by atoms with Crippen molar-refractivity contribution in [1.29, 1.82) is 0 Å². The van der Waals surface area contributed by atoms with Crippen molar-refractivity contribution in [2.24, 2.45) is 11.8 Å². The molecule has 0 aliphatic heterocycles. The smallest absolute Gasteiger partial charge is 0.224 e. The average molecular weight is 327 g/mol. The van der Waals surface area contributed by atoms with Crippen molar-refractivity contribution in [3.63, 3.8) is 0 Å². The van der Waals surface area contributed by atoms with Crippen molar-refractivity contribution in [2.75, 3.05) is 17.2 Å². The molecule has 0 amide bonds. The van der Waals surface area contributed by atoms with Gasteiger partial charge in [0.25, 0.3) is 0 Å². The minimum atomic E-state index is 0.514. The van der Waals surface area contributed by atoms with Crippen LogP contribution in [0, 0.1) is 11.8 Å². The van der Waals surface area contributed by atoms with Gasteiger partial charge in [-0.2, -0.15) is 4.98 Å². The monoisotopic (exact) mass is 326 g/mol. The maximum atomic E-state index is 4.55. The van der Waals surface area contributed by atoms with Gasteiger partial charge in [0.15, 0.2) is 0 Å². The minimum absolute atomic E-state index is 0.514. The van der Waals surface area contributed by atoms with E-state index in [9.17, 15) is 0 Å². The molecule has 1 saturated carbocycles. The average Bonchev–Trinajstić information content (AvgIpc) is 2.71. The van der Waals surface area contributed by atoms with Crippen molar-refractivity contribution in [3.05, 3.63) is 10.7 Å². The summed E-state index contributed by atoms with van der Waals surface area (Å²) in [6.45, 7) is 7.68. The van der Waals surface area contributed by atoms with Crippen LogP contribution in [0.2, 0.25) is 0 Å². The third-order valence-corrected chi connectivity index (χ3v) is 4.64. The quantitative estimate of drug-likeness (QED) is 0.861. The predicted molar refractivity (Wildman–Crippen MR) is 83.5 cm³/mol. The third-order valence-electron chi connectivity index (χ3n) is 4.06. The molecular formula is C14H23BrN4. The van der Waals surface area contributed by atoms with E-state index in [1.54, 1.807) is 0 Å². The highest BCUT2D eigenvalue weighted by Gasteiger charge is 2.30. The fourth-order valence-corrected chi connectivity index (χ4v) is 2.84. The summed E-state index contributed by atoms with van der Waals surface area (Å²) in [7, 11) is 0. The van der Waals surface area contributed by atoms with Gasteiger partial charge in [-0.1, -0.05) is 20.8 Å². The number of nitrogens with zero attached hydrogens (tertiary/aromatic N) is 2. The van der Waals surface area contributed by atoms with Crippen molar-refractivity contribution in [2.45, 2.75) is 46.1 Å². The normalized spacial score (nSPS) is 26.4. The Kier molecular flexibility index (Phi) is 5.02. The van der Waals surface area contributed by atoms with E-state index in [1.807, 2.05) is 6.20 Å². The second-order valence-electron chi connectivity index (χ2n) is 5.48. The topological polar surface area (TPSA) is 49.8 Å². The van der Waals surface area contributed by atoms with Crippen LogP contribution >= 0.6 is 15.9 Å². The van der Waals surface area contributed by atoms with E-state index in [0.717, 1.165) is 29.2 Å². The Hall–Kier alpha value is -0.840. The van der Waals surface area contributed by atoms with Crippen molar-refractivity contribution in [1.82, 2.24) is 9.97 Å². The summed E-state index contributed by atoms with van der Waals surface area (Å²) in [4.78, 5) is 8.83. The van der Waals surface area contributed by atoms with Gasteiger partial charge in [-0.05, 0) is 47.0 Å². The molecule has 0 radical (unpaired) electrons. The zero-order valence-corrected chi connectivity index (χ0v) is 13.5. The first kappa shape index (κ1) is 14.6. The van der Waals surface area contributed by atoms with Gasteiger partial charge >= 0.3 is 0 Å². The van der Waals surface area contributed by atoms with Crippen LogP contribution in [0.15, 0.2) is 10.7 Å².